The first-order chi connectivity index (χ1) is 14.3. The number of nitrogens with zero attached hydrogens (tertiary/aromatic N) is 4. The Morgan fingerprint density at radius 1 is 1.17 bits per heavy atom. The van der Waals surface area contributed by atoms with Crippen molar-refractivity contribution in [3.05, 3.63) is 53.7 Å². The predicted molar refractivity (Wildman–Crippen MR) is 109 cm³/mol. The molecule has 1 aromatic heterocycles. The molecule has 0 unspecified atom stereocenters. The van der Waals surface area contributed by atoms with Crippen LogP contribution in [-0.4, -0.2) is 55.4 Å². The Hall–Kier alpha value is -3.01. The summed E-state index contributed by atoms with van der Waals surface area (Å²) in [6.07, 6.45) is -2.93. The number of halogens is 3. The van der Waals surface area contributed by atoms with Crippen LogP contribution in [0.2, 0.25) is 0 Å². The predicted octanol–water partition coefficient (Wildman–Crippen LogP) is 2.34. The summed E-state index contributed by atoms with van der Waals surface area (Å²) in [5, 5.41) is 3.08. The van der Waals surface area contributed by atoms with Crippen molar-refractivity contribution in [2.24, 2.45) is 10.7 Å². The van der Waals surface area contributed by atoms with Crippen LogP contribution < -0.4 is 20.7 Å². The highest BCUT2D eigenvalue weighted by Crippen LogP contribution is 2.23. The van der Waals surface area contributed by atoms with E-state index < -0.39 is 6.36 Å². The maximum Gasteiger partial charge on any atom is 0.573 e. The second-order valence-corrected chi connectivity index (χ2v) is 7.02. The van der Waals surface area contributed by atoms with Gasteiger partial charge in [-0.3, -0.25) is 0 Å². The number of aliphatic imine (C=N–C) groups is 1. The van der Waals surface area contributed by atoms with Gasteiger partial charge in [0.15, 0.2) is 5.96 Å². The number of nitrogens with one attached hydrogen (secondary N) is 1. The van der Waals surface area contributed by atoms with E-state index in [4.69, 9.17) is 5.73 Å². The molecular weight excluding hydrogens is 397 g/mol. The number of nitrogens with two attached hydrogens (primary N) is 1. The topological polar surface area (TPSA) is 79.0 Å². The number of likely N-dealkylation sites (N-methyl/N-ethyl adjacent to an activating group) is 1. The second-order valence-electron chi connectivity index (χ2n) is 7.02. The third kappa shape index (κ3) is 6.51. The van der Waals surface area contributed by atoms with E-state index in [9.17, 15) is 13.2 Å². The van der Waals surface area contributed by atoms with Crippen LogP contribution in [0.5, 0.6) is 5.75 Å². The highest BCUT2D eigenvalue weighted by molar-refractivity contribution is 5.78. The molecular formula is C20H25F3N6O. The number of piperazine rings is 1. The quantitative estimate of drug-likeness (QED) is 0.550. The summed E-state index contributed by atoms with van der Waals surface area (Å²) in [4.78, 5) is 13.3. The second kappa shape index (κ2) is 9.66. The van der Waals surface area contributed by atoms with E-state index in [1.54, 1.807) is 6.20 Å². The first kappa shape index (κ1) is 21.7. The number of alkyl halides is 3. The van der Waals surface area contributed by atoms with Gasteiger partial charge in [-0.15, -0.1) is 13.2 Å². The molecule has 0 bridgehead atoms. The zero-order valence-electron chi connectivity index (χ0n) is 16.7. The van der Waals surface area contributed by atoms with Crippen molar-refractivity contribution in [3.63, 3.8) is 0 Å². The fourth-order valence-electron chi connectivity index (χ4n) is 3.09. The van der Waals surface area contributed by atoms with Crippen molar-refractivity contribution in [1.82, 2.24) is 15.2 Å². The summed E-state index contributed by atoms with van der Waals surface area (Å²) in [6.45, 7) is 4.52. The number of ether oxygens (including phenoxy) is 1. The van der Waals surface area contributed by atoms with Gasteiger partial charge in [0, 0.05) is 44.5 Å². The van der Waals surface area contributed by atoms with Crippen LogP contribution in [0.4, 0.5) is 19.0 Å². The van der Waals surface area contributed by atoms with Crippen molar-refractivity contribution in [3.8, 4) is 5.75 Å². The zero-order valence-corrected chi connectivity index (χ0v) is 16.7. The summed E-state index contributed by atoms with van der Waals surface area (Å²) in [5.41, 5.74) is 7.69. The molecule has 1 aliphatic rings. The molecule has 1 saturated heterocycles. The normalized spacial score (nSPS) is 15.9. The van der Waals surface area contributed by atoms with E-state index in [2.05, 4.69) is 36.9 Å². The standard InChI is InChI=1S/C20H25F3N6O/c1-28-9-11-29(12-10-28)18-16(3-2-8-25-18)14-27-19(24)26-13-15-4-6-17(7-5-15)30-20(21,22)23/h2-8H,9-14H2,1H3,(H3,24,26,27). The maximum absolute atomic E-state index is 12.2. The van der Waals surface area contributed by atoms with Crippen molar-refractivity contribution < 1.29 is 17.9 Å². The lowest BCUT2D eigenvalue weighted by molar-refractivity contribution is -0.274. The minimum Gasteiger partial charge on any atom is -0.406 e. The van der Waals surface area contributed by atoms with Gasteiger partial charge in [-0.2, -0.15) is 0 Å². The summed E-state index contributed by atoms with van der Waals surface area (Å²) in [6, 6.07) is 9.42. The Kier molecular flexibility index (Phi) is 6.99. The molecule has 30 heavy (non-hydrogen) atoms. The number of guanidine groups is 1. The Morgan fingerprint density at radius 3 is 2.53 bits per heavy atom. The van der Waals surface area contributed by atoms with Gasteiger partial charge in [0.25, 0.3) is 0 Å². The maximum atomic E-state index is 12.2. The average molecular weight is 422 g/mol. The first-order valence-electron chi connectivity index (χ1n) is 9.56. The molecule has 7 nitrogen and oxygen atoms in total. The SMILES string of the molecule is CN1CCN(c2ncccc2CNC(N)=NCc2ccc(OC(F)(F)F)cc2)CC1. The van der Waals surface area contributed by atoms with Crippen molar-refractivity contribution in [1.29, 1.82) is 0 Å². The Morgan fingerprint density at radius 2 is 1.87 bits per heavy atom. The average Bonchev–Trinajstić information content (AvgIpc) is 2.71. The van der Waals surface area contributed by atoms with Gasteiger partial charge in [0.2, 0.25) is 0 Å². The molecule has 3 rings (SSSR count). The largest absolute Gasteiger partial charge is 0.573 e. The number of anilines is 1. The third-order valence-electron chi connectivity index (χ3n) is 4.72. The van der Waals surface area contributed by atoms with Crippen LogP contribution in [0, 0.1) is 0 Å². The molecule has 0 radical (unpaired) electrons. The molecule has 3 N–H and O–H groups in total. The lowest BCUT2D eigenvalue weighted by Crippen LogP contribution is -2.45. The fraction of sp³-hybridized carbons (Fsp3) is 0.400. The summed E-state index contributed by atoms with van der Waals surface area (Å²) < 4.78 is 40.5. The highest BCUT2D eigenvalue weighted by Gasteiger charge is 2.30. The van der Waals surface area contributed by atoms with Gasteiger partial charge in [0.1, 0.15) is 11.6 Å². The number of aromatic nitrogens is 1. The van der Waals surface area contributed by atoms with E-state index in [1.807, 2.05) is 12.1 Å². The van der Waals surface area contributed by atoms with Crippen LogP contribution in [-0.2, 0) is 13.1 Å². The lowest BCUT2D eigenvalue weighted by Gasteiger charge is -2.34. The van der Waals surface area contributed by atoms with Gasteiger partial charge in [-0.05, 0) is 30.8 Å². The third-order valence-corrected chi connectivity index (χ3v) is 4.72. The van der Waals surface area contributed by atoms with E-state index in [-0.39, 0.29) is 18.3 Å². The van der Waals surface area contributed by atoms with Crippen molar-refractivity contribution in [2.45, 2.75) is 19.5 Å². The summed E-state index contributed by atoms with van der Waals surface area (Å²) in [5.74, 6) is 0.916. The molecule has 1 aliphatic heterocycles. The molecule has 1 fully saturated rings. The molecule has 1 aromatic carbocycles. The number of rotatable bonds is 6. The van der Waals surface area contributed by atoms with Crippen LogP contribution in [0.15, 0.2) is 47.6 Å². The zero-order chi connectivity index (χ0) is 21.6. The Bertz CT molecular complexity index is 848. The smallest absolute Gasteiger partial charge is 0.406 e. The molecule has 162 valence electrons. The minimum absolute atomic E-state index is 0.240. The van der Waals surface area contributed by atoms with Gasteiger partial charge in [-0.25, -0.2) is 9.98 Å². The van der Waals surface area contributed by atoms with Crippen LogP contribution in [0.3, 0.4) is 0 Å². The highest BCUT2D eigenvalue weighted by atomic mass is 19.4. The van der Waals surface area contributed by atoms with Crippen LogP contribution in [0.25, 0.3) is 0 Å². The number of pyridine rings is 1. The number of hydrogen-bond donors (Lipinski definition) is 2. The molecule has 10 heteroatoms. The van der Waals surface area contributed by atoms with E-state index in [0.717, 1.165) is 37.6 Å². The molecule has 0 aliphatic carbocycles. The van der Waals surface area contributed by atoms with Crippen molar-refractivity contribution in [2.75, 3.05) is 38.1 Å². The fourth-order valence-corrected chi connectivity index (χ4v) is 3.09. The Balaban J connectivity index is 1.54. The van der Waals surface area contributed by atoms with Gasteiger partial charge in [0.05, 0.1) is 6.54 Å². The van der Waals surface area contributed by atoms with Gasteiger partial charge >= 0.3 is 6.36 Å². The first-order valence-corrected chi connectivity index (χ1v) is 9.56. The van der Waals surface area contributed by atoms with Crippen LogP contribution >= 0.6 is 0 Å². The van der Waals surface area contributed by atoms with E-state index >= 15 is 0 Å². The molecule has 2 heterocycles. The summed E-state index contributed by atoms with van der Waals surface area (Å²) in [7, 11) is 2.10. The minimum atomic E-state index is -4.71. The summed E-state index contributed by atoms with van der Waals surface area (Å²) >= 11 is 0. The van der Waals surface area contributed by atoms with E-state index in [1.165, 1.54) is 24.3 Å². The van der Waals surface area contributed by atoms with E-state index in [0.29, 0.717) is 12.1 Å². The number of benzene rings is 1. The molecule has 0 spiro atoms. The monoisotopic (exact) mass is 422 g/mol. The molecule has 0 saturated carbocycles. The molecule has 2 aromatic rings. The van der Waals surface area contributed by atoms with Gasteiger partial charge in [-0.1, -0.05) is 18.2 Å². The molecule has 0 amide bonds. The number of hydrogen-bond acceptors (Lipinski definition) is 5. The lowest BCUT2D eigenvalue weighted by atomic mass is 10.2. The van der Waals surface area contributed by atoms with Crippen molar-refractivity contribution >= 4 is 11.8 Å². The Labute approximate surface area is 173 Å². The van der Waals surface area contributed by atoms with Gasteiger partial charge < -0.3 is 25.6 Å². The van der Waals surface area contributed by atoms with Crippen LogP contribution in [0.1, 0.15) is 11.1 Å². The molecule has 0 atom stereocenters.